The molecular formula is C56H40N4O5S2. The van der Waals surface area contributed by atoms with E-state index in [2.05, 4.69) is 93.6 Å². The van der Waals surface area contributed by atoms with E-state index in [1.54, 1.807) is 48.5 Å². The van der Waals surface area contributed by atoms with E-state index in [1.165, 1.54) is 18.1 Å². The van der Waals surface area contributed by atoms with Gasteiger partial charge in [-0.05, 0) is 131 Å². The number of nitrogens with zero attached hydrogens (tertiary/aromatic N) is 1. The fraction of sp³-hybridized carbons (Fsp3) is 0.0536. The lowest BCUT2D eigenvalue weighted by molar-refractivity contribution is 0.600. The summed E-state index contributed by atoms with van der Waals surface area (Å²) in [7, 11) is -6.89. The third kappa shape index (κ3) is 8.14. The summed E-state index contributed by atoms with van der Waals surface area (Å²) in [5, 5.41) is 0. The third-order valence-electron chi connectivity index (χ3n) is 12.1. The Labute approximate surface area is 386 Å². The van der Waals surface area contributed by atoms with Crippen LogP contribution in [0.1, 0.15) is 34.0 Å². The molecule has 326 valence electrons. The number of fused-ring (bicyclic) bond motifs is 12. The normalized spacial score (nSPS) is 13.1. The number of sulfone groups is 2. The van der Waals surface area contributed by atoms with E-state index in [0.29, 0.717) is 28.2 Å². The van der Waals surface area contributed by atoms with Crippen molar-refractivity contribution in [2.75, 3.05) is 12.5 Å². The number of allylic oxidation sites excluding steroid dienone is 4. The van der Waals surface area contributed by atoms with Gasteiger partial charge in [-0.3, -0.25) is 0 Å². The van der Waals surface area contributed by atoms with Gasteiger partial charge in [-0.25, -0.2) is 21.8 Å². The van der Waals surface area contributed by atoms with Crippen molar-refractivity contribution < 1.29 is 21.3 Å². The second-order valence-corrected chi connectivity index (χ2v) is 20.7. The van der Waals surface area contributed by atoms with Crippen molar-refractivity contribution in [1.82, 2.24) is 19.9 Å². The van der Waals surface area contributed by atoms with Crippen LogP contribution >= 0.6 is 0 Å². The number of benzene rings is 4. The van der Waals surface area contributed by atoms with E-state index in [4.69, 9.17) is 9.40 Å². The van der Waals surface area contributed by atoms with Crippen molar-refractivity contribution in [2.45, 2.75) is 15.7 Å². The van der Waals surface area contributed by atoms with Crippen molar-refractivity contribution in [1.29, 1.82) is 0 Å². The van der Waals surface area contributed by atoms with Crippen LogP contribution in [0.5, 0.6) is 0 Å². The summed E-state index contributed by atoms with van der Waals surface area (Å²) >= 11 is 0. The minimum atomic E-state index is -3.45. The number of hydrogen-bond donors (Lipinski definition) is 3. The molecule has 0 atom stereocenters. The smallest absolute Gasteiger partial charge is 0.175 e. The minimum Gasteiger partial charge on any atom is -0.456 e. The summed E-state index contributed by atoms with van der Waals surface area (Å²) in [5.74, 6) is 6.97. The average molecular weight is 913 g/mol. The molecule has 9 aromatic rings. The Hall–Kier alpha value is -8.17. The summed E-state index contributed by atoms with van der Waals surface area (Å²) in [5.41, 5.74) is 15.1. The number of aromatic amines is 3. The highest BCUT2D eigenvalue weighted by atomic mass is 32.2. The largest absolute Gasteiger partial charge is 0.456 e. The van der Waals surface area contributed by atoms with Crippen molar-refractivity contribution in [3.8, 4) is 45.2 Å². The zero-order valence-corrected chi connectivity index (χ0v) is 37.8. The summed E-state index contributed by atoms with van der Waals surface area (Å²) in [6.45, 7) is 0. The molecule has 0 saturated carbocycles. The van der Waals surface area contributed by atoms with Gasteiger partial charge in [0.15, 0.2) is 19.7 Å². The summed E-state index contributed by atoms with van der Waals surface area (Å²) in [4.78, 5) is 16.5. The lowest BCUT2D eigenvalue weighted by Gasteiger charge is -2.05. The molecule has 2 aliphatic rings. The van der Waals surface area contributed by atoms with Gasteiger partial charge in [0, 0.05) is 51.8 Å². The molecule has 0 unspecified atom stereocenters. The Balaban J connectivity index is 1.11. The zero-order chi connectivity index (χ0) is 45.9. The molecular weight excluding hydrogens is 873 g/mol. The van der Waals surface area contributed by atoms with Crippen LogP contribution in [-0.4, -0.2) is 49.3 Å². The van der Waals surface area contributed by atoms with E-state index < -0.39 is 19.7 Å². The molecule has 3 N–H and O–H groups in total. The van der Waals surface area contributed by atoms with E-state index >= 15 is 0 Å². The van der Waals surface area contributed by atoms with Gasteiger partial charge in [0.1, 0.15) is 11.2 Å². The number of rotatable bonds is 6. The van der Waals surface area contributed by atoms with Crippen molar-refractivity contribution in [3.05, 3.63) is 198 Å². The van der Waals surface area contributed by atoms with Gasteiger partial charge in [-0.2, -0.15) is 0 Å². The van der Waals surface area contributed by atoms with Gasteiger partial charge >= 0.3 is 0 Å². The number of nitrogens with one attached hydrogen (secondary N) is 3. The lowest BCUT2D eigenvalue weighted by Crippen LogP contribution is -1.96. The molecule has 5 aromatic heterocycles. The molecule has 0 fully saturated rings. The van der Waals surface area contributed by atoms with Gasteiger partial charge < -0.3 is 19.4 Å². The molecule has 0 radical (unpaired) electrons. The number of aromatic nitrogens is 4. The van der Waals surface area contributed by atoms with Crippen LogP contribution in [0.3, 0.4) is 0 Å². The van der Waals surface area contributed by atoms with Gasteiger partial charge in [0.2, 0.25) is 0 Å². The Kier molecular flexibility index (Phi) is 10.1. The van der Waals surface area contributed by atoms with Crippen molar-refractivity contribution >= 4 is 76.1 Å². The molecule has 6 heterocycles. The highest BCUT2D eigenvalue weighted by Crippen LogP contribution is 2.37. The molecule has 1 aliphatic heterocycles. The second kappa shape index (κ2) is 16.4. The molecule has 1 aliphatic carbocycles. The third-order valence-corrected chi connectivity index (χ3v) is 14.4. The maximum Gasteiger partial charge on any atom is 0.175 e. The molecule has 0 saturated heterocycles. The van der Waals surface area contributed by atoms with E-state index in [-0.39, 0.29) is 9.79 Å². The Morgan fingerprint density at radius 3 is 1.36 bits per heavy atom. The fourth-order valence-electron chi connectivity index (χ4n) is 8.69. The average Bonchev–Trinajstić information content (AvgIpc) is 4.19. The molecule has 0 amide bonds. The van der Waals surface area contributed by atoms with Crippen LogP contribution in [0.25, 0.3) is 89.8 Å². The molecule has 9 nitrogen and oxygen atoms in total. The number of furan rings is 1. The molecule has 67 heavy (non-hydrogen) atoms. The SMILES string of the molecule is CS(=O)(=O)c1ccc(-c2c3ccc([nH]3)c3nc(c(-c4ccc(C#Cc5ccc(C6C=CC=C6)cc5)cc4)c4ccc([nH]4)c4ccc([nH]4)c(-c4ccc(S(C)(=O)=O)cc4)c4ccc2o4)C=C3)cc1. The molecule has 11 rings (SSSR count). The van der Waals surface area contributed by atoms with Crippen LogP contribution < -0.4 is 0 Å². The Bertz CT molecular complexity index is 3990. The maximum absolute atomic E-state index is 12.5. The predicted octanol–water partition coefficient (Wildman–Crippen LogP) is 12.4. The van der Waals surface area contributed by atoms with Gasteiger partial charge in [0.05, 0.1) is 48.8 Å². The van der Waals surface area contributed by atoms with E-state index in [9.17, 15) is 16.8 Å². The van der Waals surface area contributed by atoms with Crippen LogP contribution in [0.2, 0.25) is 0 Å². The first-order chi connectivity index (χ1) is 32.4. The first kappa shape index (κ1) is 41.5. The van der Waals surface area contributed by atoms with E-state index in [1.807, 2.05) is 66.7 Å². The van der Waals surface area contributed by atoms with Crippen LogP contribution in [-0.2, 0) is 19.7 Å². The molecule has 11 heteroatoms. The van der Waals surface area contributed by atoms with Crippen molar-refractivity contribution in [3.63, 3.8) is 0 Å². The van der Waals surface area contributed by atoms with Gasteiger partial charge in [0.25, 0.3) is 0 Å². The standard InChI is InChI=1S/C56H40N4O5S2/c1-66(61,62)42-21-17-40(18-22-42)55-50-31-27-46(59-50)44-25-29-48(57-44)54(39-15-11-36(12-16-39)8-7-35-9-13-38(14-10-35)37-5-3-4-6-37)49-30-26-45(58-49)47-28-32-51(60-47)56(53-34-33-52(55)65-53)41-19-23-43(24-20-41)67(2,63)64/h3-6,9-34,37,57,59-60H,1-2H3. The van der Waals surface area contributed by atoms with Crippen LogP contribution in [0.15, 0.2) is 184 Å². The fourth-order valence-corrected chi connectivity index (χ4v) is 9.95. The highest BCUT2D eigenvalue weighted by Gasteiger charge is 2.17. The zero-order valence-electron chi connectivity index (χ0n) is 36.2. The van der Waals surface area contributed by atoms with Crippen LogP contribution in [0, 0.1) is 11.8 Å². The summed E-state index contributed by atoms with van der Waals surface area (Å²) < 4.78 is 56.7. The summed E-state index contributed by atoms with van der Waals surface area (Å²) in [6, 6.07) is 45.9. The quantitative estimate of drug-likeness (QED) is 0.142. The second-order valence-electron chi connectivity index (χ2n) is 16.7. The topological polar surface area (TPSA) is 142 Å². The molecule has 4 aromatic carbocycles. The van der Waals surface area contributed by atoms with E-state index in [0.717, 1.165) is 77.9 Å². The lowest BCUT2D eigenvalue weighted by atomic mass is 9.99. The first-order valence-corrected chi connectivity index (χ1v) is 25.3. The number of H-pyrrole nitrogens is 3. The Morgan fingerprint density at radius 2 is 0.851 bits per heavy atom. The maximum atomic E-state index is 12.5. The van der Waals surface area contributed by atoms with Gasteiger partial charge in [-0.15, -0.1) is 0 Å². The molecule has 10 bridgehead atoms. The molecule has 0 spiro atoms. The first-order valence-electron chi connectivity index (χ1n) is 21.5. The highest BCUT2D eigenvalue weighted by molar-refractivity contribution is 7.91. The van der Waals surface area contributed by atoms with Crippen LogP contribution in [0.4, 0.5) is 0 Å². The monoisotopic (exact) mass is 912 g/mol. The minimum absolute atomic E-state index is 0.202. The van der Waals surface area contributed by atoms with Gasteiger partial charge in [-0.1, -0.05) is 84.7 Å². The predicted molar refractivity (Wildman–Crippen MR) is 270 cm³/mol. The summed E-state index contributed by atoms with van der Waals surface area (Å²) in [6.07, 6.45) is 14.9. The Morgan fingerprint density at radius 1 is 0.448 bits per heavy atom. The van der Waals surface area contributed by atoms with Crippen molar-refractivity contribution in [2.24, 2.45) is 0 Å². The number of hydrogen-bond acceptors (Lipinski definition) is 6.